The van der Waals surface area contributed by atoms with Gasteiger partial charge in [-0.2, -0.15) is 0 Å². The molecule has 0 spiro atoms. The first kappa shape index (κ1) is 13.3. The lowest BCUT2D eigenvalue weighted by atomic mass is 9.97. The SMILES string of the molecule is NCCN1CCC(CNCC2CCCO2)CC1. The number of ether oxygens (including phenoxy) is 1. The zero-order valence-corrected chi connectivity index (χ0v) is 10.9. The lowest BCUT2D eigenvalue weighted by Crippen LogP contribution is -2.40. The van der Waals surface area contributed by atoms with E-state index in [1.54, 1.807) is 0 Å². The van der Waals surface area contributed by atoms with Crippen molar-refractivity contribution in [3.8, 4) is 0 Å². The van der Waals surface area contributed by atoms with Gasteiger partial charge in [0.2, 0.25) is 0 Å². The van der Waals surface area contributed by atoms with Crippen LogP contribution in [0.5, 0.6) is 0 Å². The standard InChI is InChI=1S/C13H27N3O/c14-5-8-16-6-3-12(4-7-16)10-15-11-13-2-1-9-17-13/h12-13,15H,1-11,14H2. The molecule has 2 aliphatic heterocycles. The minimum Gasteiger partial charge on any atom is -0.377 e. The Bertz CT molecular complexity index is 199. The van der Waals surface area contributed by atoms with Crippen LogP contribution < -0.4 is 11.1 Å². The van der Waals surface area contributed by atoms with Gasteiger partial charge in [0.25, 0.3) is 0 Å². The predicted molar refractivity (Wildman–Crippen MR) is 70.1 cm³/mol. The van der Waals surface area contributed by atoms with E-state index < -0.39 is 0 Å². The number of nitrogens with two attached hydrogens (primary N) is 1. The smallest absolute Gasteiger partial charge is 0.0700 e. The van der Waals surface area contributed by atoms with Gasteiger partial charge in [-0.1, -0.05) is 0 Å². The Kier molecular flexibility index (Phi) is 5.71. The Hall–Kier alpha value is -0.160. The molecule has 0 radical (unpaired) electrons. The zero-order chi connectivity index (χ0) is 11.9. The summed E-state index contributed by atoms with van der Waals surface area (Å²) >= 11 is 0. The second-order valence-electron chi connectivity index (χ2n) is 5.37. The summed E-state index contributed by atoms with van der Waals surface area (Å²) in [6.07, 6.45) is 5.59. The molecular weight excluding hydrogens is 214 g/mol. The quantitative estimate of drug-likeness (QED) is 0.708. The summed E-state index contributed by atoms with van der Waals surface area (Å²) < 4.78 is 5.61. The summed E-state index contributed by atoms with van der Waals surface area (Å²) in [6.45, 7) is 7.48. The summed E-state index contributed by atoms with van der Waals surface area (Å²) in [5.74, 6) is 0.852. The second-order valence-corrected chi connectivity index (χ2v) is 5.37. The molecule has 0 aliphatic carbocycles. The van der Waals surface area contributed by atoms with E-state index in [-0.39, 0.29) is 0 Å². The molecule has 4 heteroatoms. The Morgan fingerprint density at radius 1 is 1.18 bits per heavy atom. The third-order valence-corrected chi connectivity index (χ3v) is 3.98. The van der Waals surface area contributed by atoms with Gasteiger partial charge in [-0.25, -0.2) is 0 Å². The van der Waals surface area contributed by atoms with Crippen molar-refractivity contribution in [3.05, 3.63) is 0 Å². The minimum atomic E-state index is 0.479. The van der Waals surface area contributed by atoms with E-state index in [0.717, 1.165) is 38.7 Å². The van der Waals surface area contributed by atoms with Crippen LogP contribution in [0, 0.1) is 5.92 Å². The first-order valence-corrected chi connectivity index (χ1v) is 7.13. The van der Waals surface area contributed by atoms with Crippen molar-refractivity contribution in [3.63, 3.8) is 0 Å². The monoisotopic (exact) mass is 241 g/mol. The molecule has 2 aliphatic rings. The first-order valence-electron chi connectivity index (χ1n) is 7.13. The van der Waals surface area contributed by atoms with Gasteiger partial charge in [0, 0.05) is 26.2 Å². The fourth-order valence-corrected chi connectivity index (χ4v) is 2.85. The van der Waals surface area contributed by atoms with Crippen molar-refractivity contribution in [2.24, 2.45) is 11.7 Å². The highest BCUT2D eigenvalue weighted by atomic mass is 16.5. The molecule has 4 nitrogen and oxygen atoms in total. The molecule has 2 rings (SSSR count). The molecule has 0 aromatic carbocycles. The molecule has 0 bridgehead atoms. The van der Waals surface area contributed by atoms with Gasteiger partial charge in [-0.15, -0.1) is 0 Å². The number of piperidine rings is 1. The average Bonchev–Trinajstić information content (AvgIpc) is 2.85. The number of nitrogens with one attached hydrogen (secondary N) is 1. The Labute approximate surface area is 105 Å². The third kappa shape index (κ3) is 4.54. The van der Waals surface area contributed by atoms with Crippen LogP contribution >= 0.6 is 0 Å². The van der Waals surface area contributed by atoms with Crippen LogP contribution in [0.25, 0.3) is 0 Å². The van der Waals surface area contributed by atoms with Crippen molar-refractivity contribution in [1.29, 1.82) is 0 Å². The summed E-state index contributed by atoms with van der Waals surface area (Å²) in [7, 11) is 0. The van der Waals surface area contributed by atoms with Gasteiger partial charge < -0.3 is 20.7 Å². The van der Waals surface area contributed by atoms with E-state index in [1.165, 1.54) is 38.8 Å². The van der Waals surface area contributed by atoms with E-state index in [9.17, 15) is 0 Å². The van der Waals surface area contributed by atoms with Crippen LogP contribution in [-0.2, 0) is 4.74 Å². The van der Waals surface area contributed by atoms with E-state index in [0.29, 0.717) is 6.10 Å². The van der Waals surface area contributed by atoms with Crippen LogP contribution in [0.15, 0.2) is 0 Å². The molecule has 0 aromatic heterocycles. The molecule has 2 heterocycles. The predicted octanol–water partition coefficient (Wildman–Crippen LogP) is 0.426. The van der Waals surface area contributed by atoms with Gasteiger partial charge in [0.05, 0.1) is 6.10 Å². The number of nitrogens with zero attached hydrogens (tertiary/aromatic N) is 1. The van der Waals surface area contributed by atoms with Gasteiger partial charge in [-0.3, -0.25) is 0 Å². The zero-order valence-electron chi connectivity index (χ0n) is 10.9. The first-order chi connectivity index (χ1) is 8.38. The van der Waals surface area contributed by atoms with Crippen molar-refractivity contribution < 1.29 is 4.74 Å². The number of likely N-dealkylation sites (tertiary alicyclic amines) is 1. The van der Waals surface area contributed by atoms with Crippen molar-refractivity contribution in [2.75, 3.05) is 45.9 Å². The van der Waals surface area contributed by atoms with Crippen molar-refractivity contribution >= 4 is 0 Å². The second kappa shape index (κ2) is 7.31. The molecule has 0 aromatic rings. The highest BCUT2D eigenvalue weighted by Gasteiger charge is 2.19. The normalized spacial score (nSPS) is 27.7. The minimum absolute atomic E-state index is 0.479. The lowest BCUT2D eigenvalue weighted by Gasteiger charge is -2.31. The lowest BCUT2D eigenvalue weighted by molar-refractivity contribution is 0.107. The highest BCUT2D eigenvalue weighted by Crippen LogP contribution is 2.16. The van der Waals surface area contributed by atoms with E-state index >= 15 is 0 Å². The molecule has 2 fully saturated rings. The number of hydrogen-bond donors (Lipinski definition) is 2. The van der Waals surface area contributed by atoms with Crippen LogP contribution in [0.2, 0.25) is 0 Å². The maximum Gasteiger partial charge on any atom is 0.0700 e. The molecule has 1 atom stereocenters. The van der Waals surface area contributed by atoms with Gasteiger partial charge in [0.15, 0.2) is 0 Å². The summed E-state index contributed by atoms with van der Waals surface area (Å²) in [4.78, 5) is 2.48. The number of rotatable bonds is 6. The molecule has 17 heavy (non-hydrogen) atoms. The van der Waals surface area contributed by atoms with Crippen molar-refractivity contribution in [2.45, 2.75) is 31.8 Å². The molecule has 0 amide bonds. The van der Waals surface area contributed by atoms with Crippen molar-refractivity contribution in [1.82, 2.24) is 10.2 Å². The van der Waals surface area contributed by atoms with Crippen LogP contribution in [0.4, 0.5) is 0 Å². The Morgan fingerprint density at radius 3 is 2.65 bits per heavy atom. The largest absolute Gasteiger partial charge is 0.377 e. The van der Waals surface area contributed by atoms with E-state index in [1.807, 2.05) is 0 Å². The van der Waals surface area contributed by atoms with Crippen LogP contribution in [0.3, 0.4) is 0 Å². The summed E-state index contributed by atoms with van der Waals surface area (Å²) in [5, 5.41) is 3.58. The van der Waals surface area contributed by atoms with E-state index in [2.05, 4.69) is 10.2 Å². The Morgan fingerprint density at radius 2 is 2.00 bits per heavy atom. The van der Waals surface area contributed by atoms with Gasteiger partial charge in [0.1, 0.15) is 0 Å². The Balaban J connectivity index is 1.52. The van der Waals surface area contributed by atoms with Crippen LogP contribution in [0.1, 0.15) is 25.7 Å². The van der Waals surface area contributed by atoms with Gasteiger partial charge in [-0.05, 0) is 51.2 Å². The fourth-order valence-electron chi connectivity index (χ4n) is 2.85. The summed E-state index contributed by atoms with van der Waals surface area (Å²) in [6, 6.07) is 0. The third-order valence-electron chi connectivity index (χ3n) is 3.98. The topological polar surface area (TPSA) is 50.5 Å². The fraction of sp³-hybridized carbons (Fsp3) is 1.00. The number of hydrogen-bond acceptors (Lipinski definition) is 4. The summed E-state index contributed by atoms with van der Waals surface area (Å²) in [5.41, 5.74) is 5.58. The average molecular weight is 241 g/mol. The molecular formula is C13H27N3O. The van der Waals surface area contributed by atoms with Crippen LogP contribution in [-0.4, -0.2) is 56.9 Å². The van der Waals surface area contributed by atoms with E-state index in [4.69, 9.17) is 10.5 Å². The molecule has 2 saturated heterocycles. The highest BCUT2D eigenvalue weighted by molar-refractivity contribution is 4.75. The van der Waals surface area contributed by atoms with Gasteiger partial charge >= 0.3 is 0 Å². The maximum absolute atomic E-state index is 5.61. The molecule has 100 valence electrons. The maximum atomic E-state index is 5.61. The molecule has 0 saturated carbocycles. The molecule has 1 unspecified atom stereocenters. The molecule has 3 N–H and O–H groups in total.